The quantitative estimate of drug-likeness (QED) is 0.407. The fourth-order valence-electron chi connectivity index (χ4n) is 4.99. The standard InChI is InChI=1S/C27H28F4N8O/c1-25(2,13-32)20-8-7-19(28)22(36-20)39-21-17(23(40)38(39)14-27(29,30)31)12-33-24(37-21)35-16-5-6-18-15(11-16)9-10-34-26(18,3)4/h5-8,11-12,24,34-35,37H,9-10,14H2,1-4H3. The van der Waals surface area contributed by atoms with Crippen LogP contribution in [0.15, 0.2) is 40.1 Å². The summed E-state index contributed by atoms with van der Waals surface area (Å²) in [6.07, 6.45) is -3.68. The second-order valence-corrected chi connectivity index (χ2v) is 10.9. The topological polar surface area (TPSA) is 112 Å². The molecule has 2 aliphatic rings. The molecule has 2 aromatic heterocycles. The van der Waals surface area contributed by atoms with Crippen molar-refractivity contribution in [3.63, 3.8) is 0 Å². The molecule has 0 bridgehead atoms. The van der Waals surface area contributed by atoms with E-state index in [-0.39, 0.29) is 22.6 Å². The van der Waals surface area contributed by atoms with Crippen LogP contribution in [0.25, 0.3) is 5.82 Å². The van der Waals surface area contributed by atoms with Crippen LogP contribution in [0, 0.1) is 17.1 Å². The van der Waals surface area contributed by atoms with Gasteiger partial charge in [-0.3, -0.25) is 4.79 Å². The number of nitrogens with zero attached hydrogens (tertiary/aromatic N) is 5. The molecular formula is C27H28F4N8O. The van der Waals surface area contributed by atoms with Gasteiger partial charge in [-0.15, -0.1) is 0 Å². The average Bonchev–Trinajstić information content (AvgIpc) is 3.13. The van der Waals surface area contributed by atoms with E-state index in [1.807, 2.05) is 24.3 Å². The van der Waals surface area contributed by atoms with Crippen molar-refractivity contribution in [2.24, 2.45) is 4.99 Å². The fraction of sp³-hybridized carbons (Fsp3) is 0.407. The minimum atomic E-state index is -4.79. The van der Waals surface area contributed by atoms with Gasteiger partial charge in [-0.05, 0) is 76.1 Å². The maximum atomic E-state index is 15.2. The number of fused-ring (bicyclic) bond motifs is 2. The first-order valence-electron chi connectivity index (χ1n) is 12.7. The minimum Gasteiger partial charge on any atom is -0.347 e. The Bertz CT molecular complexity index is 1610. The van der Waals surface area contributed by atoms with E-state index < -0.39 is 41.6 Å². The molecule has 3 N–H and O–H groups in total. The number of alkyl halides is 3. The highest BCUT2D eigenvalue weighted by atomic mass is 19.4. The van der Waals surface area contributed by atoms with Gasteiger partial charge in [0, 0.05) is 17.4 Å². The molecule has 13 heteroatoms. The number of benzene rings is 1. The van der Waals surface area contributed by atoms with E-state index in [4.69, 9.17) is 0 Å². The Kier molecular flexibility index (Phi) is 6.49. The van der Waals surface area contributed by atoms with Crippen molar-refractivity contribution in [2.75, 3.05) is 17.2 Å². The molecule has 0 saturated heterocycles. The smallest absolute Gasteiger partial charge is 0.347 e. The number of hydrogen-bond acceptors (Lipinski definition) is 7. The lowest BCUT2D eigenvalue weighted by atomic mass is 9.85. The maximum absolute atomic E-state index is 15.2. The second-order valence-electron chi connectivity index (χ2n) is 10.9. The van der Waals surface area contributed by atoms with Gasteiger partial charge < -0.3 is 16.0 Å². The number of hydrogen-bond donors (Lipinski definition) is 3. The van der Waals surface area contributed by atoms with Crippen molar-refractivity contribution in [1.82, 2.24) is 19.7 Å². The van der Waals surface area contributed by atoms with Gasteiger partial charge in [0.2, 0.25) is 0 Å². The molecule has 1 unspecified atom stereocenters. The van der Waals surface area contributed by atoms with Crippen LogP contribution in [0.4, 0.5) is 29.1 Å². The Morgan fingerprint density at radius 2 is 1.98 bits per heavy atom. The molecule has 1 atom stereocenters. The zero-order valence-corrected chi connectivity index (χ0v) is 22.3. The van der Waals surface area contributed by atoms with Gasteiger partial charge in [0.1, 0.15) is 17.9 Å². The van der Waals surface area contributed by atoms with Crippen molar-refractivity contribution in [1.29, 1.82) is 5.26 Å². The predicted octanol–water partition coefficient (Wildman–Crippen LogP) is 4.16. The summed E-state index contributed by atoms with van der Waals surface area (Å²) in [7, 11) is 0. The zero-order valence-electron chi connectivity index (χ0n) is 22.3. The molecule has 0 spiro atoms. The molecule has 0 saturated carbocycles. The van der Waals surface area contributed by atoms with Crippen LogP contribution in [0.2, 0.25) is 0 Å². The molecule has 210 valence electrons. The molecule has 40 heavy (non-hydrogen) atoms. The highest BCUT2D eigenvalue weighted by Gasteiger charge is 2.36. The van der Waals surface area contributed by atoms with Crippen LogP contribution in [0.1, 0.15) is 50.1 Å². The molecular weight excluding hydrogens is 528 g/mol. The number of pyridine rings is 1. The minimum absolute atomic E-state index is 0.108. The van der Waals surface area contributed by atoms with Crippen LogP contribution in [0.3, 0.4) is 0 Å². The number of aliphatic imine (C=N–C) groups is 1. The summed E-state index contributed by atoms with van der Waals surface area (Å²) in [5.41, 5.74) is 0.595. The maximum Gasteiger partial charge on any atom is 0.408 e. The fourth-order valence-corrected chi connectivity index (χ4v) is 4.99. The summed E-state index contributed by atoms with van der Waals surface area (Å²) in [6.45, 7) is 6.41. The number of aromatic nitrogens is 3. The van der Waals surface area contributed by atoms with E-state index in [0.717, 1.165) is 34.8 Å². The monoisotopic (exact) mass is 556 g/mol. The van der Waals surface area contributed by atoms with Crippen molar-refractivity contribution in [3.8, 4) is 11.9 Å². The molecule has 0 aliphatic carbocycles. The molecule has 3 aromatic rings. The highest BCUT2D eigenvalue weighted by molar-refractivity contribution is 5.89. The van der Waals surface area contributed by atoms with Gasteiger partial charge in [0.05, 0.1) is 17.2 Å². The largest absolute Gasteiger partial charge is 0.408 e. The second kappa shape index (κ2) is 9.48. The Labute approximate surface area is 227 Å². The lowest BCUT2D eigenvalue weighted by molar-refractivity contribution is -0.144. The molecule has 9 nitrogen and oxygen atoms in total. The lowest BCUT2D eigenvalue weighted by Gasteiger charge is -2.34. The van der Waals surface area contributed by atoms with Gasteiger partial charge in [-0.1, -0.05) is 6.07 Å². The molecule has 2 aliphatic heterocycles. The van der Waals surface area contributed by atoms with Gasteiger partial charge in [0.25, 0.3) is 5.56 Å². The molecule has 1 aromatic carbocycles. The number of nitriles is 1. The predicted molar refractivity (Wildman–Crippen MR) is 142 cm³/mol. The van der Waals surface area contributed by atoms with Crippen LogP contribution in [0.5, 0.6) is 0 Å². The van der Waals surface area contributed by atoms with Crippen LogP contribution >= 0.6 is 0 Å². The Balaban J connectivity index is 1.57. The van der Waals surface area contributed by atoms with Crippen molar-refractivity contribution in [2.45, 2.75) is 64.1 Å². The van der Waals surface area contributed by atoms with Crippen LogP contribution in [-0.2, 0) is 23.9 Å². The molecule has 4 heterocycles. The van der Waals surface area contributed by atoms with Crippen molar-refractivity contribution >= 4 is 17.7 Å². The third kappa shape index (κ3) is 4.95. The van der Waals surface area contributed by atoms with E-state index in [9.17, 15) is 23.2 Å². The van der Waals surface area contributed by atoms with Gasteiger partial charge in [-0.2, -0.15) is 18.4 Å². The molecule has 0 radical (unpaired) electrons. The van der Waals surface area contributed by atoms with Crippen molar-refractivity contribution in [3.05, 3.63) is 68.9 Å². The van der Waals surface area contributed by atoms with E-state index in [1.165, 1.54) is 12.3 Å². The summed E-state index contributed by atoms with van der Waals surface area (Å²) < 4.78 is 57.0. The van der Waals surface area contributed by atoms with E-state index in [2.05, 4.69) is 39.8 Å². The summed E-state index contributed by atoms with van der Waals surface area (Å²) >= 11 is 0. The van der Waals surface area contributed by atoms with Crippen LogP contribution in [-0.4, -0.2) is 39.6 Å². The number of rotatable bonds is 5. The van der Waals surface area contributed by atoms with Gasteiger partial charge in [0.15, 0.2) is 17.9 Å². The first-order chi connectivity index (χ1) is 18.7. The third-order valence-electron chi connectivity index (χ3n) is 7.12. The SMILES string of the molecule is CC(C)(C#N)c1ccc(F)c(-n2c3c(c(=O)n2CC(F)(F)F)C=NC(Nc2ccc4c(c2)CCNC4(C)C)N3)n1. The number of anilines is 2. The van der Waals surface area contributed by atoms with Gasteiger partial charge in [-0.25, -0.2) is 23.7 Å². The molecule has 5 rings (SSSR count). The first-order valence-corrected chi connectivity index (χ1v) is 12.7. The summed E-state index contributed by atoms with van der Waals surface area (Å²) in [5.74, 6) is -1.62. The van der Waals surface area contributed by atoms with Crippen LogP contribution < -0.4 is 21.5 Å². The summed E-state index contributed by atoms with van der Waals surface area (Å²) in [5, 5.41) is 19.1. The van der Waals surface area contributed by atoms with E-state index >= 15 is 4.39 Å². The first kappa shape index (κ1) is 27.4. The Morgan fingerprint density at radius 3 is 2.67 bits per heavy atom. The van der Waals surface area contributed by atoms with Gasteiger partial charge >= 0.3 is 6.18 Å². The zero-order chi connectivity index (χ0) is 29.0. The highest BCUT2D eigenvalue weighted by Crippen LogP contribution is 2.32. The number of nitrogens with one attached hydrogen (secondary N) is 3. The Morgan fingerprint density at radius 1 is 1.23 bits per heavy atom. The average molecular weight is 557 g/mol. The lowest BCUT2D eigenvalue weighted by Crippen LogP contribution is -2.42. The molecule has 0 amide bonds. The normalized spacial score (nSPS) is 17.9. The Hall–Kier alpha value is -4.18. The van der Waals surface area contributed by atoms with E-state index in [0.29, 0.717) is 10.4 Å². The summed E-state index contributed by atoms with van der Waals surface area (Å²) in [6, 6.07) is 10.2. The number of halogens is 4. The summed E-state index contributed by atoms with van der Waals surface area (Å²) in [4.78, 5) is 21.6. The molecule has 0 fully saturated rings. The van der Waals surface area contributed by atoms with E-state index in [1.54, 1.807) is 13.8 Å². The van der Waals surface area contributed by atoms with Crippen molar-refractivity contribution < 1.29 is 17.6 Å². The third-order valence-corrected chi connectivity index (χ3v) is 7.12.